The SMILES string of the molecule is CC1(C)O[C@H]2Cc3c(O)cc(O)c([C@@H]4c5c(O)cc(O)cc5O[C@H](c5ccc(O)c(O)c5)[C@H]4O)c3O[C@@H]2c2cc(O)c(O)cc21. The lowest BCUT2D eigenvalue weighted by Gasteiger charge is -2.46. The van der Waals surface area contributed by atoms with E-state index < -0.39 is 58.9 Å². The number of rotatable bonds is 2. The molecular weight excluding hydrogens is 588 g/mol. The standard InChI is InChI=1S/C33H30O12/c1-33(2)16-10-21(39)20(38)8-14(16)31-25(45-33)9-15-18(36)11-23(41)27(32(15)44-31)28-26-22(40)6-13(34)7-24(26)43-30(29(28)42)12-3-4-17(35)19(37)5-12/h3-8,10-11,25,28-31,34-42H,9H2,1-2H3/t25-,28-,29-,30+,31+/m0/s1. The molecule has 0 spiro atoms. The Labute approximate surface area is 255 Å². The number of aliphatic hydroxyl groups is 1. The molecule has 12 nitrogen and oxygen atoms in total. The Morgan fingerprint density at radius 3 is 2.09 bits per heavy atom. The van der Waals surface area contributed by atoms with Crippen molar-refractivity contribution in [2.45, 2.75) is 56.2 Å². The first-order valence-corrected chi connectivity index (χ1v) is 14.2. The first kappa shape index (κ1) is 28.6. The summed E-state index contributed by atoms with van der Waals surface area (Å²) in [5.41, 5.74) is 0.623. The molecule has 9 N–H and O–H groups in total. The van der Waals surface area contributed by atoms with Crippen molar-refractivity contribution in [1.29, 1.82) is 0 Å². The van der Waals surface area contributed by atoms with E-state index in [1.165, 1.54) is 36.4 Å². The summed E-state index contributed by atoms with van der Waals surface area (Å²) in [6.45, 7) is 3.59. The van der Waals surface area contributed by atoms with Crippen molar-refractivity contribution >= 4 is 0 Å². The second-order valence-corrected chi connectivity index (χ2v) is 12.1. The van der Waals surface area contributed by atoms with Gasteiger partial charge in [0.05, 0.1) is 11.5 Å². The summed E-state index contributed by atoms with van der Waals surface area (Å²) >= 11 is 0. The summed E-state index contributed by atoms with van der Waals surface area (Å²) in [6.07, 6.45) is -4.27. The molecule has 0 unspecified atom stereocenters. The number of benzene rings is 4. The van der Waals surface area contributed by atoms with Gasteiger partial charge in [0.25, 0.3) is 0 Å². The third-order valence-corrected chi connectivity index (χ3v) is 8.87. The average Bonchev–Trinajstić information content (AvgIpc) is 2.96. The van der Waals surface area contributed by atoms with E-state index in [2.05, 4.69) is 0 Å². The van der Waals surface area contributed by atoms with Gasteiger partial charge in [-0.05, 0) is 49.2 Å². The largest absolute Gasteiger partial charge is 0.508 e. The van der Waals surface area contributed by atoms with Crippen molar-refractivity contribution < 1.29 is 60.2 Å². The Morgan fingerprint density at radius 2 is 1.36 bits per heavy atom. The van der Waals surface area contributed by atoms with Gasteiger partial charge in [-0.1, -0.05) is 6.07 Å². The molecule has 7 rings (SSSR count). The van der Waals surface area contributed by atoms with E-state index in [9.17, 15) is 46.0 Å². The number of hydrogen-bond acceptors (Lipinski definition) is 12. The summed E-state index contributed by atoms with van der Waals surface area (Å²) in [6, 6.07) is 9.97. The normalized spacial score (nSPS) is 24.3. The quantitative estimate of drug-likeness (QED) is 0.144. The van der Waals surface area contributed by atoms with Gasteiger partial charge in [0.15, 0.2) is 35.2 Å². The van der Waals surface area contributed by atoms with Crippen LogP contribution >= 0.6 is 0 Å². The zero-order chi connectivity index (χ0) is 32.1. The van der Waals surface area contributed by atoms with Crippen molar-refractivity contribution in [2.24, 2.45) is 0 Å². The summed E-state index contributed by atoms with van der Waals surface area (Å²) in [5, 5.41) is 96.3. The van der Waals surface area contributed by atoms with Crippen LogP contribution in [-0.2, 0) is 16.8 Å². The van der Waals surface area contributed by atoms with E-state index in [1.54, 1.807) is 13.8 Å². The molecule has 4 aromatic carbocycles. The Bertz CT molecular complexity index is 1880. The van der Waals surface area contributed by atoms with Gasteiger partial charge in [-0.15, -0.1) is 0 Å². The van der Waals surface area contributed by atoms with Gasteiger partial charge < -0.3 is 60.2 Å². The van der Waals surface area contributed by atoms with Crippen molar-refractivity contribution in [3.8, 4) is 57.5 Å². The molecule has 3 heterocycles. The van der Waals surface area contributed by atoms with Gasteiger partial charge in [-0.25, -0.2) is 0 Å². The van der Waals surface area contributed by atoms with Gasteiger partial charge in [0.2, 0.25) is 0 Å². The van der Waals surface area contributed by atoms with Crippen LogP contribution < -0.4 is 9.47 Å². The molecule has 0 radical (unpaired) electrons. The molecule has 234 valence electrons. The van der Waals surface area contributed by atoms with Gasteiger partial charge in [0, 0.05) is 46.9 Å². The number of fused-ring (bicyclic) bond motifs is 5. The highest BCUT2D eigenvalue weighted by molar-refractivity contribution is 5.66. The molecule has 45 heavy (non-hydrogen) atoms. The highest BCUT2D eigenvalue weighted by Gasteiger charge is 2.49. The number of phenolic OH excluding ortho intramolecular Hbond substituents is 8. The topological polar surface area (TPSA) is 210 Å². The zero-order valence-corrected chi connectivity index (χ0v) is 24.0. The fraction of sp³-hybridized carbons (Fsp3) is 0.273. The molecule has 3 aliphatic heterocycles. The van der Waals surface area contributed by atoms with Crippen molar-refractivity contribution in [1.82, 2.24) is 0 Å². The van der Waals surface area contributed by atoms with Crippen LogP contribution in [-0.4, -0.2) is 58.2 Å². The van der Waals surface area contributed by atoms with Crippen LogP contribution in [0.2, 0.25) is 0 Å². The molecule has 3 aliphatic rings. The summed E-state index contributed by atoms with van der Waals surface area (Å²) in [5.74, 6) is -4.50. The van der Waals surface area contributed by atoms with Crippen LogP contribution in [0.4, 0.5) is 0 Å². The smallest absolute Gasteiger partial charge is 0.157 e. The van der Waals surface area contributed by atoms with Gasteiger partial charge in [-0.2, -0.15) is 0 Å². The monoisotopic (exact) mass is 618 g/mol. The Kier molecular flexibility index (Phi) is 6.12. The number of aliphatic hydroxyl groups excluding tert-OH is 1. The minimum atomic E-state index is -1.56. The minimum Gasteiger partial charge on any atom is -0.508 e. The fourth-order valence-electron chi connectivity index (χ4n) is 6.85. The maximum Gasteiger partial charge on any atom is 0.157 e. The predicted molar refractivity (Wildman–Crippen MR) is 155 cm³/mol. The molecule has 0 aromatic heterocycles. The molecule has 0 aliphatic carbocycles. The van der Waals surface area contributed by atoms with Crippen LogP contribution in [0.3, 0.4) is 0 Å². The molecule has 5 atom stereocenters. The van der Waals surface area contributed by atoms with E-state index in [-0.39, 0.29) is 63.2 Å². The lowest BCUT2D eigenvalue weighted by molar-refractivity contribution is -0.141. The maximum atomic E-state index is 11.9. The molecule has 0 saturated carbocycles. The van der Waals surface area contributed by atoms with Crippen LogP contribution in [0, 0.1) is 0 Å². The van der Waals surface area contributed by atoms with Crippen molar-refractivity contribution in [3.63, 3.8) is 0 Å². The van der Waals surface area contributed by atoms with Crippen molar-refractivity contribution in [3.05, 3.63) is 81.9 Å². The second kappa shape index (κ2) is 9.65. The minimum absolute atomic E-state index is 0.00718. The maximum absolute atomic E-state index is 11.9. The lowest BCUT2D eigenvalue weighted by Crippen LogP contribution is -2.44. The zero-order valence-electron chi connectivity index (χ0n) is 24.0. The molecule has 0 fully saturated rings. The van der Waals surface area contributed by atoms with E-state index >= 15 is 0 Å². The number of aromatic hydroxyl groups is 8. The first-order valence-electron chi connectivity index (χ1n) is 14.2. The second-order valence-electron chi connectivity index (χ2n) is 12.1. The van der Waals surface area contributed by atoms with E-state index in [0.717, 1.165) is 12.1 Å². The summed E-state index contributed by atoms with van der Waals surface area (Å²) in [4.78, 5) is 0. The van der Waals surface area contributed by atoms with Crippen LogP contribution in [0.25, 0.3) is 0 Å². The molecular formula is C33H30O12. The predicted octanol–water partition coefficient (Wildman–Crippen LogP) is 4.27. The third kappa shape index (κ3) is 4.28. The van der Waals surface area contributed by atoms with Gasteiger partial charge >= 0.3 is 0 Å². The Balaban J connectivity index is 1.43. The number of hydrogen-bond donors (Lipinski definition) is 9. The van der Waals surface area contributed by atoms with E-state index in [1.807, 2.05) is 0 Å². The van der Waals surface area contributed by atoms with E-state index in [0.29, 0.717) is 11.1 Å². The molecule has 0 saturated heterocycles. The van der Waals surface area contributed by atoms with Crippen molar-refractivity contribution in [2.75, 3.05) is 0 Å². The van der Waals surface area contributed by atoms with E-state index in [4.69, 9.17) is 14.2 Å². The first-order chi connectivity index (χ1) is 21.2. The van der Waals surface area contributed by atoms with Gasteiger partial charge in [0.1, 0.15) is 46.7 Å². The highest BCUT2D eigenvalue weighted by Crippen LogP contribution is 2.58. The lowest BCUT2D eigenvalue weighted by atomic mass is 9.76. The molecule has 4 aromatic rings. The molecule has 0 bridgehead atoms. The number of ether oxygens (including phenoxy) is 3. The fourth-order valence-corrected chi connectivity index (χ4v) is 6.85. The number of phenols is 8. The van der Waals surface area contributed by atoms with Crippen LogP contribution in [0.1, 0.15) is 65.4 Å². The average molecular weight is 619 g/mol. The molecule has 12 heteroatoms. The Hall–Kier alpha value is -5.20. The molecule has 0 amide bonds. The third-order valence-electron chi connectivity index (χ3n) is 8.87. The summed E-state index contributed by atoms with van der Waals surface area (Å²) in [7, 11) is 0. The van der Waals surface area contributed by atoms with Crippen LogP contribution in [0.15, 0.2) is 48.5 Å². The summed E-state index contributed by atoms with van der Waals surface area (Å²) < 4.78 is 18.9. The highest BCUT2D eigenvalue weighted by atomic mass is 16.6. The van der Waals surface area contributed by atoms with Gasteiger partial charge in [-0.3, -0.25) is 0 Å². The van der Waals surface area contributed by atoms with Crippen LogP contribution in [0.5, 0.6) is 57.5 Å². The Morgan fingerprint density at radius 1 is 0.667 bits per heavy atom.